The quantitative estimate of drug-likeness (QED) is 0.755. The molecule has 0 unspecified atom stereocenters. The lowest BCUT2D eigenvalue weighted by atomic mass is 10.1. The molecule has 29 heavy (non-hydrogen) atoms. The van der Waals surface area contributed by atoms with Gasteiger partial charge in [-0.25, -0.2) is 8.42 Å². The fourth-order valence-corrected chi connectivity index (χ4v) is 3.49. The summed E-state index contributed by atoms with van der Waals surface area (Å²) in [6.45, 7) is 7.06. The van der Waals surface area contributed by atoms with Crippen molar-refractivity contribution < 1.29 is 18.0 Å². The van der Waals surface area contributed by atoms with Gasteiger partial charge in [-0.05, 0) is 52.0 Å². The smallest absolute Gasteiger partial charge is 0.253 e. The summed E-state index contributed by atoms with van der Waals surface area (Å²) in [6, 6.07) is 13.4. The normalized spacial score (nSPS) is 11.6. The Hall–Kier alpha value is -2.87. The van der Waals surface area contributed by atoms with Crippen molar-refractivity contribution in [3.05, 3.63) is 59.7 Å². The van der Waals surface area contributed by atoms with E-state index in [0.29, 0.717) is 16.9 Å². The molecule has 0 spiro atoms. The van der Waals surface area contributed by atoms with E-state index in [1.165, 1.54) is 0 Å². The van der Waals surface area contributed by atoms with E-state index >= 15 is 0 Å². The molecule has 0 fully saturated rings. The zero-order valence-electron chi connectivity index (χ0n) is 17.3. The SMILES string of the molecule is Cc1ccc(N(CC(=O)Nc2ccccc2C(=O)NC(C)(C)C)S(C)(=O)=O)cc1. The molecule has 0 aliphatic rings. The van der Waals surface area contributed by atoms with Gasteiger partial charge in [0.15, 0.2) is 0 Å². The molecular weight excluding hydrogens is 390 g/mol. The molecule has 0 heterocycles. The van der Waals surface area contributed by atoms with Crippen molar-refractivity contribution in [2.45, 2.75) is 33.2 Å². The summed E-state index contributed by atoms with van der Waals surface area (Å²) in [5.41, 5.74) is 1.55. The number of para-hydroxylation sites is 1. The number of carbonyl (C=O) groups is 2. The fraction of sp³-hybridized carbons (Fsp3) is 0.333. The van der Waals surface area contributed by atoms with Crippen LogP contribution in [0, 0.1) is 6.92 Å². The molecule has 0 bridgehead atoms. The molecule has 2 amide bonds. The monoisotopic (exact) mass is 417 g/mol. The van der Waals surface area contributed by atoms with Gasteiger partial charge in [0, 0.05) is 5.54 Å². The highest BCUT2D eigenvalue weighted by atomic mass is 32.2. The third-order valence-corrected chi connectivity index (χ3v) is 5.08. The number of amides is 2. The maximum Gasteiger partial charge on any atom is 0.253 e. The highest BCUT2D eigenvalue weighted by molar-refractivity contribution is 7.92. The van der Waals surface area contributed by atoms with Crippen molar-refractivity contribution in [2.24, 2.45) is 0 Å². The Morgan fingerprint density at radius 3 is 2.14 bits per heavy atom. The molecule has 8 heteroatoms. The van der Waals surface area contributed by atoms with Crippen LogP contribution in [0.2, 0.25) is 0 Å². The highest BCUT2D eigenvalue weighted by Gasteiger charge is 2.23. The van der Waals surface area contributed by atoms with E-state index in [-0.39, 0.29) is 5.91 Å². The molecule has 0 saturated heterocycles. The van der Waals surface area contributed by atoms with Crippen LogP contribution in [0.3, 0.4) is 0 Å². The maximum absolute atomic E-state index is 12.6. The molecule has 156 valence electrons. The van der Waals surface area contributed by atoms with Crippen LogP contribution in [-0.4, -0.2) is 38.6 Å². The fourth-order valence-electron chi connectivity index (χ4n) is 2.63. The second kappa shape index (κ2) is 8.65. The second-order valence-electron chi connectivity index (χ2n) is 7.90. The van der Waals surface area contributed by atoms with Crippen LogP contribution in [0.25, 0.3) is 0 Å². The Morgan fingerprint density at radius 1 is 1.00 bits per heavy atom. The molecular formula is C21H27N3O4S. The Balaban J connectivity index is 2.23. The van der Waals surface area contributed by atoms with E-state index in [1.807, 2.05) is 27.7 Å². The van der Waals surface area contributed by atoms with Gasteiger partial charge in [-0.1, -0.05) is 29.8 Å². The molecule has 0 saturated carbocycles. The summed E-state index contributed by atoms with van der Waals surface area (Å²) in [5.74, 6) is -0.876. The Bertz CT molecular complexity index is 993. The summed E-state index contributed by atoms with van der Waals surface area (Å²) in [6.07, 6.45) is 1.05. The second-order valence-corrected chi connectivity index (χ2v) is 9.81. The number of carbonyl (C=O) groups excluding carboxylic acids is 2. The van der Waals surface area contributed by atoms with Gasteiger partial charge < -0.3 is 10.6 Å². The van der Waals surface area contributed by atoms with Gasteiger partial charge in [0.1, 0.15) is 6.54 Å². The lowest BCUT2D eigenvalue weighted by Gasteiger charge is -2.23. The average Bonchev–Trinajstić information content (AvgIpc) is 2.58. The standard InChI is InChI=1S/C21H27N3O4S/c1-15-10-12-16(13-11-15)24(29(5,27)28)14-19(25)22-18-9-7-6-8-17(18)20(26)23-21(2,3)4/h6-13H,14H2,1-5H3,(H,22,25)(H,23,26). The Kier molecular flexibility index (Phi) is 6.69. The van der Waals surface area contributed by atoms with Gasteiger partial charge >= 0.3 is 0 Å². The van der Waals surface area contributed by atoms with Crippen LogP contribution >= 0.6 is 0 Å². The number of benzene rings is 2. The Labute approximate surface area is 172 Å². The van der Waals surface area contributed by atoms with Crippen LogP contribution in [0.4, 0.5) is 11.4 Å². The minimum absolute atomic E-state index is 0.303. The van der Waals surface area contributed by atoms with E-state index in [1.54, 1.807) is 48.5 Å². The minimum atomic E-state index is -3.68. The van der Waals surface area contributed by atoms with Crippen molar-refractivity contribution in [1.29, 1.82) is 0 Å². The van der Waals surface area contributed by atoms with E-state index in [9.17, 15) is 18.0 Å². The summed E-state index contributed by atoms with van der Waals surface area (Å²) in [5, 5.41) is 5.50. The van der Waals surface area contributed by atoms with Crippen molar-refractivity contribution >= 4 is 33.2 Å². The molecule has 0 aliphatic heterocycles. The molecule has 2 N–H and O–H groups in total. The largest absolute Gasteiger partial charge is 0.347 e. The van der Waals surface area contributed by atoms with Crippen LogP contribution in [0.5, 0.6) is 0 Å². The van der Waals surface area contributed by atoms with Crippen molar-refractivity contribution in [3.63, 3.8) is 0 Å². The number of rotatable bonds is 6. The number of nitrogens with one attached hydrogen (secondary N) is 2. The predicted octanol–water partition coefficient (Wildman–Crippen LogP) is 2.93. The molecule has 2 rings (SSSR count). The van der Waals surface area contributed by atoms with Gasteiger partial charge in [-0.2, -0.15) is 0 Å². The van der Waals surface area contributed by atoms with E-state index in [4.69, 9.17) is 0 Å². The third kappa shape index (κ3) is 6.60. The number of aryl methyl sites for hydroxylation is 1. The van der Waals surface area contributed by atoms with Gasteiger partial charge in [0.25, 0.3) is 5.91 Å². The Morgan fingerprint density at radius 2 is 1.59 bits per heavy atom. The van der Waals surface area contributed by atoms with Crippen molar-refractivity contribution in [2.75, 3.05) is 22.4 Å². The first-order valence-corrected chi connectivity index (χ1v) is 11.0. The molecule has 0 aromatic heterocycles. The summed E-state index contributed by atoms with van der Waals surface area (Å²) in [7, 11) is -3.68. The average molecular weight is 418 g/mol. The zero-order valence-corrected chi connectivity index (χ0v) is 18.1. The lowest BCUT2D eigenvalue weighted by Crippen LogP contribution is -2.41. The molecule has 7 nitrogen and oxygen atoms in total. The van der Waals surface area contributed by atoms with Gasteiger partial charge in [-0.3, -0.25) is 13.9 Å². The summed E-state index contributed by atoms with van der Waals surface area (Å²) >= 11 is 0. The maximum atomic E-state index is 12.6. The molecule has 0 aliphatic carbocycles. The van der Waals surface area contributed by atoms with Crippen molar-refractivity contribution in [3.8, 4) is 0 Å². The van der Waals surface area contributed by atoms with Gasteiger partial charge in [-0.15, -0.1) is 0 Å². The lowest BCUT2D eigenvalue weighted by molar-refractivity contribution is -0.114. The number of hydrogen-bond donors (Lipinski definition) is 2. The van der Waals surface area contributed by atoms with E-state index in [0.717, 1.165) is 16.1 Å². The number of nitrogens with zero attached hydrogens (tertiary/aromatic N) is 1. The third-order valence-electron chi connectivity index (χ3n) is 3.94. The van der Waals surface area contributed by atoms with E-state index in [2.05, 4.69) is 10.6 Å². The topological polar surface area (TPSA) is 95.6 Å². The number of anilines is 2. The minimum Gasteiger partial charge on any atom is -0.347 e. The first kappa shape index (κ1) is 22.4. The molecule has 0 radical (unpaired) electrons. The molecule has 2 aromatic rings. The van der Waals surface area contributed by atoms with E-state index < -0.39 is 28.0 Å². The van der Waals surface area contributed by atoms with Crippen LogP contribution in [0.15, 0.2) is 48.5 Å². The highest BCUT2D eigenvalue weighted by Crippen LogP contribution is 2.20. The number of sulfonamides is 1. The summed E-state index contributed by atoms with van der Waals surface area (Å²) in [4.78, 5) is 25.1. The van der Waals surface area contributed by atoms with Gasteiger partial charge in [0.05, 0.1) is 23.2 Å². The zero-order chi connectivity index (χ0) is 21.8. The predicted molar refractivity (Wildman–Crippen MR) is 116 cm³/mol. The first-order chi connectivity index (χ1) is 13.4. The molecule has 0 atom stereocenters. The molecule has 2 aromatic carbocycles. The summed E-state index contributed by atoms with van der Waals surface area (Å²) < 4.78 is 25.5. The van der Waals surface area contributed by atoms with Crippen molar-refractivity contribution in [1.82, 2.24) is 5.32 Å². The first-order valence-electron chi connectivity index (χ1n) is 9.12. The van der Waals surface area contributed by atoms with Crippen LogP contribution in [-0.2, 0) is 14.8 Å². The number of hydrogen-bond acceptors (Lipinski definition) is 4. The van der Waals surface area contributed by atoms with Gasteiger partial charge in [0.2, 0.25) is 15.9 Å². The van der Waals surface area contributed by atoms with Crippen LogP contribution in [0.1, 0.15) is 36.7 Å². The van der Waals surface area contributed by atoms with Crippen LogP contribution < -0.4 is 14.9 Å².